The number of hydrogen-bond acceptors (Lipinski definition) is 4. The number of amides is 1. The van der Waals surface area contributed by atoms with E-state index in [1.807, 2.05) is 24.3 Å². The summed E-state index contributed by atoms with van der Waals surface area (Å²) in [6, 6.07) is 7.74. The highest BCUT2D eigenvalue weighted by Crippen LogP contribution is 2.28. The van der Waals surface area contributed by atoms with Crippen LogP contribution in [0.1, 0.15) is 75.1 Å². The monoisotopic (exact) mass is 430 g/mol. The molecule has 2 aliphatic rings. The molecule has 5 heteroatoms. The Morgan fingerprint density at radius 1 is 1.10 bits per heavy atom. The van der Waals surface area contributed by atoms with Crippen LogP contribution in [0.5, 0.6) is 5.75 Å². The number of rotatable bonds is 11. The lowest BCUT2D eigenvalue weighted by atomic mass is 9.83. The van der Waals surface area contributed by atoms with Gasteiger partial charge in [0.1, 0.15) is 12.4 Å². The van der Waals surface area contributed by atoms with E-state index >= 15 is 0 Å². The normalized spacial score (nSPS) is 24.6. The molecule has 1 aliphatic carbocycles. The SMILES string of the molecule is CCCCC1CCCN(CC2CCCCC2NC(=O)c2ccc(OCCOC)cc2)C1. The van der Waals surface area contributed by atoms with Crippen LogP contribution in [0.25, 0.3) is 0 Å². The van der Waals surface area contributed by atoms with Crippen molar-refractivity contribution >= 4 is 5.91 Å². The maximum absolute atomic E-state index is 12.9. The van der Waals surface area contributed by atoms with Gasteiger partial charge in [0.05, 0.1) is 6.61 Å². The number of piperidine rings is 1. The highest BCUT2D eigenvalue weighted by Gasteiger charge is 2.30. The van der Waals surface area contributed by atoms with Crippen LogP contribution in [0.2, 0.25) is 0 Å². The van der Waals surface area contributed by atoms with Crippen LogP contribution in [0, 0.1) is 11.8 Å². The van der Waals surface area contributed by atoms with Crippen molar-refractivity contribution in [1.29, 1.82) is 0 Å². The van der Waals surface area contributed by atoms with Gasteiger partial charge in [0, 0.05) is 31.8 Å². The highest BCUT2D eigenvalue weighted by atomic mass is 16.5. The Labute approximate surface area is 188 Å². The molecule has 3 rings (SSSR count). The molecule has 0 bridgehead atoms. The second-order valence-electron chi connectivity index (χ2n) is 9.40. The van der Waals surface area contributed by atoms with Gasteiger partial charge in [-0.15, -0.1) is 0 Å². The Balaban J connectivity index is 1.51. The summed E-state index contributed by atoms with van der Waals surface area (Å²) < 4.78 is 10.6. The smallest absolute Gasteiger partial charge is 0.251 e. The number of benzene rings is 1. The predicted octanol–water partition coefficient (Wildman–Crippen LogP) is 4.90. The number of nitrogens with one attached hydrogen (secondary N) is 1. The number of carbonyl (C=O) groups excluding carboxylic acids is 1. The molecule has 31 heavy (non-hydrogen) atoms. The first kappa shape index (κ1) is 24.1. The van der Waals surface area contributed by atoms with Gasteiger partial charge >= 0.3 is 0 Å². The summed E-state index contributed by atoms with van der Waals surface area (Å²) in [5, 5.41) is 3.37. The number of nitrogens with zero attached hydrogens (tertiary/aromatic N) is 1. The first-order valence-corrected chi connectivity index (χ1v) is 12.4. The minimum absolute atomic E-state index is 0.0415. The van der Waals surface area contributed by atoms with Crippen LogP contribution in [-0.4, -0.2) is 56.8 Å². The van der Waals surface area contributed by atoms with Crippen molar-refractivity contribution in [2.24, 2.45) is 11.8 Å². The van der Waals surface area contributed by atoms with Crippen LogP contribution in [0.3, 0.4) is 0 Å². The molecule has 2 fully saturated rings. The summed E-state index contributed by atoms with van der Waals surface area (Å²) in [7, 11) is 1.66. The Morgan fingerprint density at radius 3 is 2.68 bits per heavy atom. The molecule has 1 heterocycles. The van der Waals surface area contributed by atoms with E-state index in [1.54, 1.807) is 7.11 Å². The molecular weight excluding hydrogens is 388 g/mol. The summed E-state index contributed by atoms with van der Waals surface area (Å²) in [6.07, 6.45) is 11.6. The lowest BCUT2D eigenvalue weighted by Gasteiger charge is -2.39. The largest absolute Gasteiger partial charge is 0.491 e. The topological polar surface area (TPSA) is 50.8 Å². The molecule has 174 valence electrons. The summed E-state index contributed by atoms with van der Waals surface area (Å²) in [5.41, 5.74) is 0.709. The number of unbranched alkanes of at least 4 members (excludes halogenated alkanes) is 1. The van der Waals surface area contributed by atoms with Crippen molar-refractivity contribution in [1.82, 2.24) is 10.2 Å². The van der Waals surface area contributed by atoms with Gasteiger partial charge in [-0.05, 0) is 74.8 Å². The summed E-state index contributed by atoms with van der Waals surface area (Å²) in [6.45, 7) is 6.98. The molecule has 3 unspecified atom stereocenters. The number of ether oxygens (including phenoxy) is 2. The minimum Gasteiger partial charge on any atom is -0.491 e. The first-order chi connectivity index (χ1) is 15.2. The van der Waals surface area contributed by atoms with E-state index in [-0.39, 0.29) is 11.9 Å². The van der Waals surface area contributed by atoms with Crippen molar-refractivity contribution in [3.05, 3.63) is 29.8 Å². The quantitative estimate of drug-likeness (QED) is 0.507. The fraction of sp³-hybridized carbons (Fsp3) is 0.731. The van der Waals surface area contributed by atoms with Crippen LogP contribution < -0.4 is 10.1 Å². The van der Waals surface area contributed by atoms with E-state index in [2.05, 4.69) is 17.1 Å². The second kappa shape index (κ2) is 13.1. The molecule has 5 nitrogen and oxygen atoms in total. The lowest BCUT2D eigenvalue weighted by molar-refractivity contribution is 0.0853. The molecule has 0 radical (unpaired) electrons. The third-order valence-electron chi connectivity index (χ3n) is 6.96. The van der Waals surface area contributed by atoms with Gasteiger partial charge in [0.25, 0.3) is 5.91 Å². The van der Waals surface area contributed by atoms with Crippen molar-refractivity contribution in [2.45, 2.75) is 70.8 Å². The van der Waals surface area contributed by atoms with Gasteiger partial charge in [-0.1, -0.05) is 32.6 Å². The standard InChI is InChI=1S/C26H42N2O3/c1-3-4-8-21-9-7-16-28(19-21)20-23-10-5-6-11-25(23)27-26(29)22-12-14-24(15-13-22)31-18-17-30-2/h12-15,21,23,25H,3-11,16-20H2,1-2H3,(H,27,29). The molecule has 0 spiro atoms. The van der Waals surface area contributed by atoms with Crippen LogP contribution in [-0.2, 0) is 4.74 Å². The summed E-state index contributed by atoms with van der Waals surface area (Å²) >= 11 is 0. The van der Waals surface area contributed by atoms with Crippen molar-refractivity contribution in [3.63, 3.8) is 0 Å². The van der Waals surface area contributed by atoms with Crippen LogP contribution in [0.4, 0.5) is 0 Å². The third-order valence-corrected chi connectivity index (χ3v) is 6.96. The Kier molecular flexibility index (Phi) is 10.1. The zero-order valence-corrected chi connectivity index (χ0v) is 19.6. The Bertz CT molecular complexity index is 649. The molecule has 1 amide bonds. The maximum Gasteiger partial charge on any atom is 0.251 e. The molecule has 1 aliphatic heterocycles. The van der Waals surface area contributed by atoms with Crippen molar-refractivity contribution in [3.8, 4) is 5.75 Å². The van der Waals surface area contributed by atoms with Gasteiger partial charge in [-0.25, -0.2) is 0 Å². The minimum atomic E-state index is 0.0415. The number of hydrogen-bond donors (Lipinski definition) is 1. The number of methoxy groups -OCH3 is 1. The van der Waals surface area contributed by atoms with Gasteiger partial charge in [0.15, 0.2) is 0 Å². The molecule has 0 aromatic heterocycles. The van der Waals surface area contributed by atoms with E-state index < -0.39 is 0 Å². The maximum atomic E-state index is 12.9. The fourth-order valence-electron chi connectivity index (χ4n) is 5.19. The van der Waals surface area contributed by atoms with Crippen LogP contribution in [0.15, 0.2) is 24.3 Å². The number of carbonyl (C=O) groups is 1. The molecule has 3 atom stereocenters. The van der Waals surface area contributed by atoms with Gasteiger partial charge in [0.2, 0.25) is 0 Å². The molecular formula is C26H42N2O3. The predicted molar refractivity (Wildman–Crippen MR) is 126 cm³/mol. The molecule has 1 N–H and O–H groups in total. The van der Waals surface area contributed by atoms with E-state index in [0.717, 1.165) is 24.6 Å². The van der Waals surface area contributed by atoms with Crippen LogP contribution >= 0.6 is 0 Å². The van der Waals surface area contributed by atoms with Crippen molar-refractivity contribution < 1.29 is 14.3 Å². The zero-order valence-electron chi connectivity index (χ0n) is 19.6. The second-order valence-corrected chi connectivity index (χ2v) is 9.40. The van der Waals surface area contributed by atoms with Gasteiger partial charge < -0.3 is 19.7 Å². The number of likely N-dealkylation sites (tertiary alicyclic amines) is 1. The average Bonchev–Trinajstić information content (AvgIpc) is 2.80. The zero-order chi connectivity index (χ0) is 21.9. The summed E-state index contributed by atoms with van der Waals surface area (Å²) in [5.74, 6) is 2.25. The third kappa shape index (κ3) is 7.80. The molecule has 1 saturated carbocycles. The van der Waals surface area contributed by atoms with Gasteiger partial charge in [-0.3, -0.25) is 4.79 Å². The first-order valence-electron chi connectivity index (χ1n) is 12.4. The van der Waals surface area contributed by atoms with E-state index in [4.69, 9.17) is 9.47 Å². The van der Waals surface area contributed by atoms with Crippen molar-refractivity contribution in [2.75, 3.05) is 40.0 Å². The lowest BCUT2D eigenvalue weighted by Crippen LogP contribution is -2.48. The van der Waals surface area contributed by atoms with E-state index in [9.17, 15) is 4.79 Å². The fourth-order valence-corrected chi connectivity index (χ4v) is 5.19. The summed E-state index contributed by atoms with van der Waals surface area (Å²) in [4.78, 5) is 15.6. The average molecular weight is 431 g/mol. The molecule has 1 aromatic rings. The highest BCUT2D eigenvalue weighted by molar-refractivity contribution is 5.94. The Hall–Kier alpha value is -1.59. The van der Waals surface area contributed by atoms with E-state index in [0.29, 0.717) is 24.7 Å². The Morgan fingerprint density at radius 2 is 1.90 bits per heavy atom. The molecule has 1 saturated heterocycles. The molecule has 1 aromatic carbocycles. The van der Waals surface area contributed by atoms with Gasteiger partial charge in [-0.2, -0.15) is 0 Å². The van der Waals surface area contributed by atoms with E-state index in [1.165, 1.54) is 64.5 Å².